The maximum absolute atomic E-state index is 12.4. The second kappa shape index (κ2) is 7.54. The first-order valence-corrected chi connectivity index (χ1v) is 10.2. The van der Waals surface area contributed by atoms with Crippen LogP contribution in [0, 0.1) is 0 Å². The Hall–Kier alpha value is -2.82. The van der Waals surface area contributed by atoms with E-state index in [1.54, 1.807) is 4.90 Å². The molecular weight excluding hydrogens is 364 g/mol. The number of fused-ring (bicyclic) bond motifs is 2. The Balaban J connectivity index is 1.44. The predicted octanol–water partition coefficient (Wildman–Crippen LogP) is 5.25. The number of rotatable bonds is 3. The van der Waals surface area contributed by atoms with Crippen LogP contribution >= 0.6 is 0 Å². The molecule has 2 aliphatic rings. The van der Waals surface area contributed by atoms with Crippen molar-refractivity contribution in [2.75, 3.05) is 13.1 Å². The summed E-state index contributed by atoms with van der Waals surface area (Å²) in [6.07, 6.45) is 3.50. The summed E-state index contributed by atoms with van der Waals surface area (Å²) in [7, 11) is 0. The second-order valence-electron chi connectivity index (χ2n) is 8.83. The molecule has 0 atom stereocenters. The van der Waals surface area contributed by atoms with Crippen LogP contribution in [0.25, 0.3) is 0 Å². The summed E-state index contributed by atoms with van der Waals surface area (Å²) in [6.45, 7) is 7.55. The third-order valence-corrected chi connectivity index (χ3v) is 5.51. The first-order chi connectivity index (χ1) is 13.8. The van der Waals surface area contributed by atoms with Gasteiger partial charge in [0.2, 0.25) is 0 Å². The number of nitrogens with zero attached hydrogens (tertiary/aromatic N) is 2. The summed E-state index contributed by atoms with van der Waals surface area (Å²) < 4.78 is 11.5. The molecule has 4 rings (SSSR count). The number of carbonyl (C=O) groups is 1. The van der Waals surface area contributed by atoms with Crippen molar-refractivity contribution in [1.29, 1.82) is 0 Å². The molecule has 0 aromatic heterocycles. The number of benzene rings is 2. The molecule has 5 heteroatoms. The van der Waals surface area contributed by atoms with E-state index in [1.807, 2.05) is 51.1 Å². The van der Waals surface area contributed by atoms with E-state index in [2.05, 4.69) is 29.4 Å². The zero-order valence-corrected chi connectivity index (χ0v) is 17.4. The highest BCUT2D eigenvalue weighted by Gasteiger charge is 2.41. The molecule has 1 saturated heterocycles. The number of ether oxygens (including phenoxy) is 2. The molecule has 0 saturated carbocycles. The van der Waals surface area contributed by atoms with Crippen molar-refractivity contribution in [3.05, 3.63) is 59.7 Å². The lowest BCUT2D eigenvalue weighted by Gasteiger charge is -2.38. The van der Waals surface area contributed by atoms with Gasteiger partial charge in [-0.15, -0.1) is 0 Å². The molecule has 1 spiro atoms. The third kappa shape index (κ3) is 4.29. The quantitative estimate of drug-likeness (QED) is 0.717. The van der Waals surface area contributed by atoms with Crippen molar-refractivity contribution in [3.63, 3.8) is 0 Å². The van der Waals surface area contributed by atoms with Crippen LogP contribution in [0.5, 0.6) is 5.75 Å². The largest absolute Gasteiger partial charge is 0.489 e. The number of carbonyl (C=O) groups excluding carboxylic acids is 1. The number of hydrogen-bond donors (Lipinski definition) is 0. The highest BCUT2D eigenvalue weighted by molar-refractivity contribution is 5.86. The molecule has 0 radical (unpaired) electrons. The molecule has 0 unspecified atom stereocenters. The van der Waals surface area contributed by atoms with Gasteiger partial charge in [-0.05, 0) is 62.9 Å². The molecule has 1 amide bonds. The highest BCUT2D eigenvalue weighted by atomic mass is 16.6. The van der Waals surface area contributed by atoms with Gasteiger partial charge in [-0.25, -0.2) is 4.79 Å². The van der Waals surface area contributed by atoms with E-state index in [-0.39, 0.29) is 11.5 Å². The normalized spacial score (nSPS) is 17.3. The summed E-state index contributed by atoms with van der Waals surface area (Å²) in [5, 5.41) is 0. The van der Waals surface area contributed by atoms with E-state index in [4.69, 9.17) is 9.47 Å². The van der Waals surface area contributed by atoms with Gasteiger partial charge in [-0.2, -0.15) is 0 Å². The van der Waals surface area contributed by atoms with Gasteiger partial charge in [0, 0.05) is 24.7 Å². The van der Waals surface area contributed by atoms with E-state index in [9.17, 15) is 4.79 Å². The standard InChI is InChI=1S/C24H28N2O3/c1-23(2,3)29-22(27)26-13-11-24(12-14-26)17-25-21-10-9-19(15-20(21)24)28-16-18-7-5-4-6-8-18/h4-10,15,17H,11-14,16H2,1-3H3. The van der Waals surface area contributed by atoms with Crippen molar-refractivity contribution >= 4 is 18.0 Å². The molecule has 29 heavy (non-hydrogen) atoms. The first kappa shape index (κ1) is 19.5. The topological polar surface area (TPSA) is 51.1 Å². The Morgan fingerprint density at radius 1 is 1.10 bits per heavy atom. The van der Waals surface area contributed by atoms with Gasteiger partial charge < -0.3 is 14.4 Å². The first-order valence-electron chi connectivity index (χ1n) is 10.2. The Morgan fingerprint density at radius 2 is 1.83 bits per heavy atom. The van der Waals surface area contributed by atoms with Gasteiger partial charge in [0.15, 0.2) is 0 Å². The van der Waals surface area contributed by atoms with Gasteiger partial charge in [0.25, 0.3) is 0 Å². The molecule has 1 fully saturated rings. The molecule has 2 aromatic rings. The summed E-state index contributed by atoms with van der Waals surface area (Å²) >= 11 is 0. The Bertz CT molecular complexity index is 907. The van der Waals surface area contributed by atoms with Gasteiger partial charge in [-0.1, -0.05) is 30.3 Å². The van der Waals surface area contributed by atoms with Gasteiger partial charge >= 0.3 is 6.09 Å². The minimum Gasteiger partial charge on any atom is -0.489 e. The molecule has 2 aromatic carbocycles. The fourth-order valence-corrected chi connectivity index (χ4v) is 3.93. The number of aliphatic imine (C=N–C) groups is 1. The minimum atomic E-state index is -0.474. The number of piperidine rings is 1. The van der Waals surface area contributed by atoms with Crippen molar-refractivity contribution in [2.45, 2.75) is 51.2 Å². The van der Waals surface area contributed by atoms with Gasteiger partial charge in [-0.3, -0.25) is 4.99 Å². The van der Waals surface area contributed by atoms with Crippen molar-refractivity contribution in [3.8, 4) is 5.75 Å². The number of amides is 1. The highest BCUT2D eigenvalue weighted by Crippen LogP contribution is 2.45. The minimum absolute atomic E-state index is 0.125. The monoisotopic (exact) mass is 392 g/mol. The Morgan fingerprint density at radius 3 is 2.52 bits per heavy atom. The average Bonchev–Trinajstić information content (AvgIpc) is 3.04. The van der Waals surface area contributed by atoms with E-state index >= 15 is 0 Å². The van der Waals surface area contributed by atoms with Gasteiger partial charge in [0.1, 0.15) is 18.0 Å². The average molecular weight is 392 g/mol. The lowest BCUT2D eigenvalue weighted by molar-refractivity contribution is 0.0191. The molecule has 2 aliphatic heterocycles. The van der Waals surface area contributed by atoms with Crippen molar-refractivity contribution in [1.82, 2.24) is 4.90 Å². The fourth-order valence-electron chi connectivity index (χ4n) is 3.93. The van der Waals surface area contributed by atoms with Crippen molar-refractivity contribution < 1.29 is 14.3 Å². The Kier molecular flexibility index (Phi) is 5.07. The van der Waals surface area contributed by atoms with Crippen LogP contribution in [0.15, 0.2) is 53.5 Å². The van der Waals surface area contributed by atoms with Gasteiger partial charge in [0.05, 0.1) is 5.69 Å². The lowest BCUT2D eigenvalue weighted by Crippen LogP contribution is -2.46. The predicted molar refractivity (Wildman–Crippen MR) is 114 cm³/mol. The number of hydrogen-bond acceptors (Lipinski definition) is 4. The maximum atomic E-state index is 12.4. The SMILES string of the molecule is CC(C)(C)OC(=O)N1CCC2(C=Nc3ccc(OCc4ccccc4)cc32)CC1. The van der Waals surface area contributed by atoms with E-state index in [0.29, 0.717) is 19.7 Å². The number of likely N-dealkylation sites (tertiary alicyclic amines) is 1. The zero-order valence-electron chi connectivity index (χ0n) is 17.4. The van der Waals surface area contributed by atoms with Crippen molar-refractivity contribution in [2.24, 2.45) is 4.99 Å². The smallest absolute Gasteiger partial charge is 0.410 e. The molecule has 0 aliphatic carbocycles. The zero-order chi connectivity index (χ0) is 20.5. The van der Waals surface area contributed by atoms with Crippen LogP contribution in [0.1, 0.15) is 44.7 Å². The summed E-state index contributed by atoms with van der Waals surface area (Å²) in [5.74, 6) is 0.854. The van der Waals surface area contributed by atoms with Crippen LogP contribution in [-0.4, -0.2) is 35.9 Å². The van der Waals surface area contributed by atoms with E-state index < -0.39 is 5.60 Å². The van der Waals surface area contributed by atoms with Crippen LogP contribution in [0.3, 0.4) is 0 Å². The molecule has 0 N–H and O–H groups in total. The van der Waals surface area contributed by atoms with Crippen LogP contribution in [0.2, 0.25) is 0 Å². The lowest BCUT2D eigenvalue weighted by atomic mass is 9.74. The maximum Gasteiger partial charge on any atom is 0.410 e. The molecule has 5 nitrogen and oxygen atoms in total. The third-order valence-electron chi connectivity index (χ3n) is 5.51. The van der Waals surface area contributed by atoms with E-state index in [1.165, 1.54) is 5.56 Å². The summed E-state index contributed by atoms with van der Waals surface area (Å²) in [5.41, 5.74) is 2.75. The van der Waals surface area contributed by atoms with Crippen LogP contribution in [0.4, 0.5) is 10.5 Å². The van der Waals surface area contributed by atoms with Crippen LogP contribution in [-0.2, 0) is 16.8 Å². The van der Waals surface area contributed by atoms with E-state index in [0.717, 1.165) is 29.8 Å². The summed E-state index contributed by atoms with van der Waals surface area (Å²) in [4.78, 5) is 18.8. The second-order valence-corrected chi connectivity index (χ2v) is 8.83. The molecule has 2 heterocycles. The Labute approximate surface area is 172 Å². The molecule has 152 valence electrons. The van der Waals surface area contributed by atoms with Crippen LogP contribution < -0.4 is 4.74 Å². The fraction of sp³-hybridized carbons (Fsp3) is 0.417. The summed E-state index contributed by atoms with van der Waals surface area (Å²) in [6, 6.07) is 16.3. The molecule has 0 bridgehead atoms. The molecular formula is C24H28N2O3.